The molecule has 0 bridgehead atoms. The van der Waals surface area contributed by atoms with E-state index in [1.807, 2.05) is 6.07 Å². The van der Waals surface area contributed by atoms with E-state index < -0.39 is 0 Å². The van der Waals surface area contributed by atoms with Crippen LogP contribution in [0.5, 0.6) is 0 Å². The van der Waals surface area contributed by atoms with E-state index in [0.717, 1.165) is 5.56 Å². The van der Waals surface area contributed by atoms with Gasteiger partial charge in [-0.2, -0.15) is 0 Å². The molecule has 0 unspecified atom stereocenters. The molecule has 3 heteroatoms. The maximum atomic E-state index is 11.1. The third-order valence-electron chi connectivity index (χ3n) is 3.63. The molecule has 0 spiro atoms. The largest absolute Gasteiger partial charge is 0.466 e. The summed E-state index contributed by atoms with van der Waals surface area (Å²) in [4.78, 5) is 11.1. The Morgan fingerprint density at radius 1 is 1.16 bits per heavy atom. The first-order valence-electron chi connectivity index (χ1n) is 6.47. The number of carbonyl (C=O) groups excluding carboxylic acids is 1. The van der Waals surface area contributed by atoms with Crippen LogP contribution in [0.1, 0.15) is 44.4 Å². The first kappa shape index (κ1) is 13.8. The summed E-state index contributed by atoms with van der Waals surface area (Å²) in [5.74, 6) is -0.335. The fourth-order valence-electron chi connectivity index (χ4n) is 2.88. The molecule has 3 nitrogen and oxygen atoms in total. The van der Waals surface area contributed by atoms with Crippen LogP contribution in [0.3, 0.4) is 0 Å². The topological polar surface area (TPSA) is 38.3 Å². The minimum atomic E-state index is -0.335. The molecule has 0 aliphatic carbocycles. The maximum Gasteiger partial charge on any atom is 0.330 e. The van der Waals surface area contributed by atoms with Gasteiger partial charge in [-0.3, -0.25) is 5.32 Å². The summed E-state index contributed by atoms with van der Waals surface area (Å²) in [5, 5.41) is 3.62. The van der Waals surface area contributed by atoms with E-state index in [0.29, 0.717) is 0 Å². The van der Waals surface area contributed by atoms with Crippen LogP contribution in [0.2, 0.25) is 0 Å². The van der Waals surface area contributed by atoms with Crippen LogP contribution in [0.4, 0.5) is 0 Å². The second kappa shape index (κ2) is 4.49. The number of ether oxygens (including phenoxy) is 1. The molecule has 1 heterocycles. The van der Waals surface area contributed by atoms with Crippen molar-refractivity contribution in [2.24, 2.45) is 0 Å². The van der Waals surface area contributed by atoms with Gasteiger partial charge in [-0.25, -0.2) is 4.79 Å². The average Bonchev–Trinajstić information content (AvgIpc) is 2.52. The first-order valence-corrected chi connectivity index (χ1v) is 6.47. The number of benzene rings is 1. The van der Waals surface area contributed by atoms with Crippen LogP contribution >= 0.6 is 0 Å². The molecule has 0 saturated heterocycles. The van der Waals surface area contributed by atoms with E-state index >= 15 is 0 Å². The lowest BCUT2D eigenvalue weighted by Crippen LogP contribution is -2.39. The molecule has 0 radical (unpaired) electrons. The number of hydrogen-bond acceptors (Lipinski definition) is 3. The van der Waals surface area contributed by atoms with Gasteiger partial charge >= 0.3 is 5.97 Å². The van der Waals surface area contributed by atoms with Gasteiger partial charge in [0.1, 0.15) is 0 Å². The smallest absolute Gasteiger partial charge is 0.330 e. The standard InChI is InChI=1S/C16H21NO2/c1-15(2)12-8-6-11(7-9-14(18)19-5)10-13(12)16(3,4)17-15/h6-10,17H,1-5H3. The highest BCUT2D eigenvalue weighted by Gasteiger charge is 2.40. The van der Waals surface area contributed by atoms with E-state index in [1.165, 1.54) is 24.3 Å². The lowest BCUT2D eigenvalue weighted by molar-refractivity contribution is -0.134. The van der Waals surface area contributed by atoms with Crippen LogP contribution in [-0.2, 0) is 20.6 Å². The number of hydrogen-bond donors (Lipinski definition) is 1. The molecule has 1 aromatic rings. The van der Waals surface area contributed by atoms with Gasteiger partial charge in [0.25, 0.3) is 0 Å². The molecule has 0 aromatic heterocycles. The highest BCUT2D eigenvalue weighted by Crippen LogP contribution is 2.41. The summed E-state index contributed by atoms with van der Waals surface area (Å²) in [6.45, 7) is 8.72. The third kappa shape index (κ3) is 2.56. The Balaban J connectivity index is 2.40. The van der Waals surface area contributed by atoms with E-state index in [4.69, 9.17) is 0 Å². The van der Waals surface area contributed by atoms with Gasteiger partial charge in [0, 0.05) is 17.2 Å². The fraction of sp³-hybridized carbons (Fsp3) is 0.438. The van der Waals surface area contributed by atoms with Crippen molar-refractivity contribution in [1.82, 2.24) is 5.32 Å². The minimum Gasteiger partial charge on any atom is -0.466 e. The van der Waals surface area contributed by atoms with Crippen LogP contribution < -0.4 is 5.32 Å². The number of methoxy groups -OCH3 is 1. The van der Waals surface area contributed by atoms with Gasteiger partial charge in [0.05, 0.1) is 7.11 Å². The Morgan fingerprint density at radius 2 is 1.79 bits per heavy atom. The Hall–Kier alpha value is -1.61. The summed E-state index contributed by atoms with van der Waals surface area (Å²) in [5.41, 5.74) is 3.52. The second-order valence-corrected chi connectivity index (χ2v) is 6.04. The Morgan fingerprint density at radius 3 is 2.42 bits per heavy atom. The SMILES string of the molecule is COC(=O)C=Cc1ccc2c(c1)C(C)(C)NC2(C)C. The first-order chi connectivity index (χ1) is 8.76. The van der Waals surface area contributed by atoms with Crippen LogP contribution in [-0.4, -0.2) is 13.1 Å². The second-order valence-electron chi connectivity index (χ2n) is 6.04. The Labute approximate surface area is 114 Å². The van der Waals surface area contributed by atoms with Crippen LogP contribution in [0.15, 0.2) is 24.3 Å². The molecular formula is C16H21NO2. The van der Waals surface area contributed by atoms with E-state index in [-0.39, 0.29) is 17.0 Å². The number of fused-ring (bicyclic) bond motifs is 1. The molecule has 0 saturated carbocycles. The molecule has 0 fully saturated rings. The van der Waals surface area contributed by atoms with Crippen LogP contribution in [0, 0.1) is 0 Å². The van der Waals surface area contributed by atoms with Gasteiger partial charge in [-0.05, 0) is 56.5 Å². The summed E-state index contributed by atoms with van der Waals surface area (Å²) in [7, 11) is 1.38. The minimum absolute atomic E-state index is 0.0244. The predicted molar refractivity (Wildman–Crippen MR) is 76.7 cm³/mol. The van der Waals surface area contributed by atoms with Gasteiger partial charge in [0.15, 0.2) is 0 Å². The van der Waals surface area contributed by atoms with Crippen molar-refractivity contribution in [1.29, 1.82) is 0 Å². The van der Waals surface area contributed by atoms with Crippen LogP contribution in [0.25, 0.3) is 6.08 Å². The van der Waals surface area contributed by atoms with Gasteiger partial charge < -0.3 is 4.74 Å². The van der Waals surface area contributed by atoms with Crippen molar-refractivity contribution in [3.8, 4) is 0 Å². The van der Waals surface area contributed by atoms with Crippen molar-refractivity contribution < 1.29 is 9.53 Å². The number of carbonyl (C=O) groups is 1. The lowest BCUT2D eigenvalue weighted by atomic mass is 9.89. The van der Waals surface area contributed by atoms with Crippen molar-refractivity contribution in [3.05, 3.63) is 41.0 Å². The zero-order valence-corrected chi connectivity index (χ0v) is 12.2. The Kier molecular flexibility index (Phi) is 3.27. The summed E-state index contributed by atoms with van der Waals surface area (Å²) < 4.78 is 4.60. The summed E-state index contributed by atoms with van der Waals surface area (Å²) >= 11 is 0. The number of rotatable bonds is 2. The van der Waals surface area contributed by atoms with Gasteiger partial charge in [0.2, 0.25) is 0 Å². The van der Waals surface area contributed by atoms with Gasteiger partial charge in [-0.1, -0.05) is 12.1 Å². The lowest BCUT2D eigenvalue weighted by Gasteiger charge is -2.25. The molecular weight excluding hydrogens is 238 g/mol. The number of nitrogens with one attached hydrogen (secondary N) is 1. The van der Waals surface area contributed by atoms with E-state index in [1.54, 1.807) is 6.08 Å². The van der Waals surface area contributed by atoms with Crippen molar-refractivity contribution in [2.45, 2.75) is 38.8 Å². The monoisotopic (exact) mass is 259 g/mol. The molecule has 2 rings (SSSR count). The molecule has 0 atom stereocenters. The van der Waals surface area contributed by atoms with Crippen molar-refractivity contribution in [3.63, 3.8) is 0 Å². The zero-order valence-electron chi connectivity index (χ0n) is 12.2. The van der Waals surface area contributed by atoms with Crippen molar-refractivity contribution >= 4 is 12.0 Å². The highest BCUT2D eigenvalue weighted by atomic mass is 16.5. The highest BCUT2D eigenvalue weighted by molar-refractivity contribution is 5.87. The summed E-state index contributed by atoms with van der Waals surface area (Å²) in [6, 6.07) is 6.30. The Bertz CT molecular complexity index is 542. The molecule has 1 N–H and O–H groups in total. The van der Waals surface area contributed by atoms with E-state index in [2.05, 4.69) is 49.9 Å². The zero-order chi connectivity index (χ0) is 14.3. The predicted octanol–water partition coefficient (Wildman–Crippen LogP) is 2.95. The third-order valence-corrected chi connectivity index (χ3v) is 3.63. The normalized spacial score (nSPS) is 19.4. The number of esters is 1. The summed E-state index contributed by atoms with van der Waals surface area (Å²) in [6.07, 6.45) is 3.23. The molecule has 1 aliphatic rings. The van der Waals surface area contributed by atoms with E-state index in [9.17, 15) is 4.79 Å². The maximum absolute atomic E-state index is 11.1. The van der Waals surface area contributed by atoms with Gasteiger partial charge in [-0.15, -0.1) is 0 Å². The fourth-order valence-corrected chi connectivity index (χ4v) is 2.88. The van der Waals surface area contributed by atoms with Crippen molar-refractivity contribution in [2.75, 3.05) is 7.11 Å². The molecule has 102 valence electrons. The molecule has 0 amide bonds. The average molecular weight is 259 g/mol. The molecule has 1 aromatic carbocycles. The molecule has 19 heavy (non-hydrogen) atoms. The molecule has 1 aliphatic heterocycles. The quantitative estimate of drug-likeness (QED) is 0.655.